The fraction of sp³-hybridized carbons (Fsp3) is 0.562. The molecule has 6 heteroatoms. The van der Waals surface area contributed by atoms with Gasteiger partial charge in [0, 0.05) is 17.9 Å². The van der Waals surface area contributed by atoms with Crippen molar-refractivity contribution in [3.8, 4) is 0 Å². The highest BCUT2D eigenvalue weighted by molar-refractivity contribution is 7.93. The van der Waals surface area contributed by atoms with Crippen LogP contribution in [0, 0.1) is 0 Å². The number of hydrogen-bond donors (Lipinski definition) is 1. The third-order valence-corrected chi connectivity index (χ3v) is 6.45. The van der Waals surface area contributed by atoms with Crippen molar-refractivity contribution in [1.82, 2.24) is 0 Å². The first-order valence-corrected chi connectivity index (χ1v) is 9.51. The first kappa shape index (κ1) is 15.3. The van der Waals surface area contributed by atoms with Gasteiger partial charge in [0.2, 0.25) is 15.9 Å². The van der Waals surface area contributed by atoms with Gasteiger partial charge in [-0.05, 0) is 43.5 Å². The second-order valence-electron chi connectivity index (χ2n) is 6.07. The summed E-state index contributed by atoms with van der Waals surface area (Å²) in [6.07, 6.45) is 4.91. The number of nitrogens with one attached hydrogen (secondary N) is 1. The third kappa shape index (κ3) is 2.84. The second kappa shape index (κ2) is 5.91. The van der Waals surface area contributed by atoms with E-state index in [9.17, 15) is 13.2 Å². The van der Waals surface area contributed by atoms with Crippen LogP contribution < -0.4 is 9.62 Å². The second-order valence-corrected chi connectivity index (χ2v) is 8.03. The van der Waals surface area contributed by atoms with Crippen molar-refractivity contribution in [3.63, 3.8) is 0 Å². The van der Waals surface area contributed by atoms with Gasteiger partial charge in [-0.25, -0.2) is 8.42 Å². The Labute approximate surface area is 131 Å². The van der Waals surface area contributed by atoms with Crippen LogP contribution in [0.1, 0.15) is 44.6 Å². The Morgan fingerprint density at radius 3 is 2.64 bits per heavy atom. The number of nitrogens with zero attached hydrogens (tertiary/aromatic N) is 1. The smallest absolute Gasteiger partial charge is 0.235 e. The van der Waals surface area contributed by atoms with Crippen molar-refractivity contribution in [3.05, 3.63) is 23.8 Å². The monoisotopic (exact) mass is 322 g/mol. The van der Waals surface area contributed by atoms with Crippen molar-refractivity contribution < 1.29 is 13.2 Å². The van der Waals surface area contributed by atoms with Gasteiger partial charge in [0.25, 0.3) is 0 Å². The SMILES string of the molecule is CCN1C(=O)Cc2cc(NS(=O)(=O)C3CCCCC3)ccc21. The number of hydrogen-bond acceptors (Lipinski definition) is 3. The molecule has 1 aromatic carbocycles. The lowest BCUT2D eigenvalue weighted by molar-refractivity contribution is -0.117. The average Bonchev–Trinajstić information content (AvgIpc) is 2.82. The molecule has 1 fully saturated rings. The van der Waals surface area contributed by atoms with Crippen LogP contribution in [0.3, 0.4) is 0 Å². The number of carbonyl (C=O) groups is 1. The Morgan fingerprint density at radius 1 is 1.23 bits per heavy atom. The molecule has 0 unspecified atom stereocenters. The summed E-state index contributed by atoms with van der Waals surface area (Å²) in [4.78, 5) is 13.6. The van der Waals surface area contributed by atoms with E-state index in [0.717, 1.165) is 43.4 Å². The normalized spacial score (nSPS) is 19.3. The van der Waals surface area contributed by atoms with Crippen LogP contribution in [-0.2, 0) is 21.2 Å². The van der Waals surface area contributed by atoms with Crippen LogP contribution in [0.25, 0.3) is 0 Å². The molecular weight excluding hydrogens is 300 g/mol. The Kier molecular flexibility index (Phi) is 4.12. The molecule has 1 heterocycles. The van der Waals surface area contributed by atoms with Crippen LogP contribution in [0.2, 0.25) is 0 Å². The standard InChI is InChI=1S/C16H22N2O3S/c1-2-18-15-9-8-13(10-12(15)11-16(18)19)17-22(20,21)14-6-4-3-5-7-14/h8-10,14,17H,2-7,11H2,1H3. The van der Waals surface area contributed by atoms with Crippen molar-refractivity contribution in [1.29, 1.82) is 0 Å². The Balaban J connectivity index is 1.79. The van der Waals surface area contributed by atoms with Gasteiger partial charge in [-0.3, -0.25) is 9.52 Å². The molecule has 0 spiro atoms. The maximum atomic E-state index is 12.5. The molecular formula is C16H22N2O3S. The van der Waals surface area contributed by atoms with Gasteiger partial charge >= 0.3 is 0 Å². The van der Waals surface area contributed by atoms with E-state index in [1.807, 2.05) is 13.0 Å². The Bertz CT molecular complexity index is 679. The van der Waals surface area contributed by atoms with Crippen molar-refractivity contribution in [2.75, 3.05) is 16.2 Å². The summed E-state index contributed by atoms with van der Waals surface area (Å²) in [6, 6.07) is 5.38. The van der Waals surface area contributed by atoms with E-state index in [4.69, 9.17) is 0 Å². The van der Waals surface area contributed by atoms with Gasteiger partial charge < -0.3 is 4.90 Å². The Hall–Kier alpha value is -1.56. The van der Waals surface area contributed by atoms with E-state index < -0.39 is 10.0 Å². The number of sulfonamides is 1. The summed E-state index contributed by atoms with van der Waals surface area (Å²) >= 11 is 0. The highest BCUT2D eigenvalue weighted by atomic mass is 32.2. The number of amides is 1. The number of carbonyl (C=O) groups excluding carboxylic acids is 1. The zero-order valence-electron chi connectivity index (χ0n) is 12.8. The van der Waals surface area contributed by atoms with Crippen LogP contribution in [0.4, 0.5) is 11.4 Å². The molecule has 1 amide bonds. The van der Waals surface area contributed by atoms with Gasteiger partial charge in [-0.2, -0.15) is 0 Å². The summed E-state index contributed by atoms with van der Waals surface area (Å²) in [5.74, 6) is 0.0739. The van der Waals surface area contributed by atoms with E-state index in [-0.39, 0.29) is 11.2 Å². The fourth-order valence-electron chi connectivity index (χ4n) is 3.42. The summed E-state index contributed by atoms with van der Waals surface area (Å²) in [6.45, 7) is 2.58. The minimum Gasteiger partial charge on any atom is -0.312 e. The molecule has 22 heavy (non-hydrogen) atoms. The third-order valence-electron chi connectivity index (χ3n) is 4.58. The summed E-state index contributed by atoms with van der Waals surface area (Å²) < 4.78 is 27.6. The highest BCUT2D eigenvalue weighted by Crippen LogP contribution is 2.32. The zero-order valence-corrected chi connectivity index (χ0v) is 13.7. The minimum atomic E-state index is -3.33. The number of likely N-dealkylation sites (N-methyl/N-ethyl adjacent to an activating group) is 1. The average molecular weight is 322 g/mol. The molecule has 3 rings (SSSR count). The molecule has 2 aliphatic rings. The molecule has 0 aromatic heterocycles. The van der Waals surface area contributed by atoms with E-state index in [1.165, 1.54) is 0 Å². The van der Waals surface area contributed by atoms with Gasteiger partial charge in [0.1, 0.15) is 0 Å². The lowest BCUT2D eigenvalue weighted by Crippen LogP contribution is -2.29. The van der Waals surface area contributed by atoms with Crippen molar-refractivity contribution >= 4 is 27.3 Å². The number of benzene rings is 1. The predicted octanol–water partition coefficient (Wildman–Crippen LogP) is 2.67. The van der Waals surface area contributed by atoms with E-state index in [1.54, 1.807) is 17.0 Å². The van der Waals surface area contributed by atoms with Gasteiger partial charge in [0.05, 0.1) is 11.7 Å². The first-order valence-electron chi connectivity index (χ1n) is 7.96. The molecule has 1 aliphatic carbocycles. The fourth-order valence-corrected chi connectivity index (χ4v) is 4.99. The Morgan fingerprint density at radius 2 is 1.95 bits per heavy atom. The molecule has 5 nitrogen and oxygen atoms in total. The minimum absolute atomic E-state index is 0.0739. The zero-order chi connectivity index (χ0) is 15.7. The quantitative estimate of drug-likeness (QED) is 0.927. The molecule has 1 aliphatic heterocycles. The first-order chi connectivity index (χ1) is 10.5. The lowest BCUT2D eigenvalue weighted by Gasteiger charge is -2.22. The maximum absolute atomic E-state index is 12.5. The number of anilines is 2. The molecule has 120 valence electrons. The van der Waals surface area contributed by atoms with Crippen molar-refractivity contribution in [2.45, 2.75) is 50.7 Å². The van der Waals surface area contributed by atoms with Gasteiger partial charge in [0.15, 0.2) is 0 Å². The molecule has 0 saturated heterocycles. The van der Waals surface area contributed by atoms with Crippen LogP contribution in [0.15, 0.2) is 18.2 Å². The van der Waals surface area contributed by atoms with Crippen LogP contribution in [0.5, 0.6) is 0 Å². The number of fused-ring (bicyclic) bond motifs is 1. The van der Waals surface area contributed by atoms with Gasteiger partial charge in [-0.15, -0.1) is 0 Å². The largest absolute Gasteiger partial charge is 0.312 e. The molecule has 0 atom stereocenters. The molecule has 1 aromatic rings. The topological polar surface area (TPSA) is 66.5 Å². The van der Waals surface area contributed by atoms with E-state index in [0.29, 0.717) is 18.7 Å². The lowest BCUT2D eigenvalue weighted by atomic mass is 10.0. The highest BCUT2D eigenvalue weighted by Gasteiger charge is 2.29. The molecule has 1 saturated carbocycles. The molecule has 0 radical (unpaired) electrons. The maximum Gasteiger partial charge on any atom is 0.235 e. The van der Waals surface area contributed by atoms with Crippen LogP contribution >= 0.6 is 0 Å². The van der Waals surface area contributed by atoms with Crippen molar-refractivity contribution in [2.24, 2.45) is 0 Å². The molecule has 0 bridgehead atoms. The van der Waals surface area contributed by atoms with Gasteiger partial charge in [-0.1, -0.05) is 19.3 Å². The van der Waals surface area contributed by atoms with E-state index >= 15 is 0 Å². The molecule has 1 N–H and O–H groups in total. The summed E-state index contributed by atoms with van der Waals surface area (Å²) in [5.41, 5.74) is 2.36. The summed E-state index contributed by atoms with van der Waals surface area (Å²) in [5, 5.41) is -0.289. The number of rotatable bonds is 4. The van der Waals surface area contributed by atoms with Crippen LogP contribution in [-0.4, -0.2) is 26.1 Å². The summed E-state index contributed by atoms with van der Waals surface area (Å²) in [7, 11) is -3.33. The van der Waals surface area contributed by atoms with E-state index in [2.05, 4.69) is 4.72 Å². The predicted molar refractivity (Wildman–Crippen MR) is 87.6 cm³/mol.